The average Bonchev–Trinajstić information content (AvgIpc) is 2.96. The Hall–Kier alpha value is -2.04. The molecule has 0 amide bonds. The summed E-state index contributed by atoms with van der Waals surface area (Å²) >= 11 is 0. The molecule has 1 N–H and O–H groups in total. The number of rotatable bonds is 3. The number of hydrogen-bond donors (Lipinski definition) is 1. The first-order chi connectivity index (χ1) is 11.7. The Balaban J connectivity index is 0.00000182. The Morgan fingerprint density at radius 1 is 1.20 bits per heavy atom. The zero-order valence-electron chi connectivity index (χ0n) is 14.6. The summed E-state index contributed by atoms with van der Waals surface area (Å²) in [7, 11) is 0. The number of aryl methyl sites for hydroxylation is 1. The minimum Gasteiger partial charge on any atom is -0.394 e. The van der Waals surface area contributed by atoms with Gasteiger partial charge >= 0.3 is 0 Å². The molecule has 0 fully saturated rings. The smallest absolute Gasteiger partial charge is 0.138 e. The second-order valence-electron chi connectivity index (χ2n) is 6.69. The monoisotopic (exact) mass is 357 g/mol. The van der Waals surface area contributed by atoms with E-state index in [0.717, 1.165) is 30.8 Å². The predicted octanol–water partition coefficient (Wildman–Crippen LogP) is 3.88. The van der Waals surface area contributed by atoms with E-state index in [4.69, 9.17) is 4.98 Å². The number of aliphatic hydroxyl groups excluding tert-OH is 1. The first-order valence-electron chi connectivity index (χ1n) is 8.58. The van der Waals surface area contributed by atoms with Crippen molar-refractivity contribution in [1.82, 2.24) is 9.55 Å². The molecule has 3 heterocycles. The van der Waals surface area contributed by atoms with E-state index in [1.54, 1.807) is 0 Å². The molecule has 4 rings (SSSR count). The van der Waals surface area contributed by atoms with E-state index < -0.39 is 0 Å². The number of pyridine rings is 1. The van der Waals surface area contributed by atoms with Crippen LogP contribution < -0.4 is 4.90 Å². The van der Waals surface area contributed by atoms with E-state index in [-0.39, 0.29) is 25.1 Å². The van der Waals surface area contributed by atoms with Crippen molar-refractivity contribution in [2.45, 2.75) is 32.9 Å². The number of benzene rings is 1. The van der Waals surface area contributed by atoms with Crippen molar-refractivity contribution in [3.05, 3.63) is 59.4 Å². The van der Waals surface area contributed by atoms with E-state index in [2.05, 4.69) is 52.8 Å². The van der Waals surface area contributed by atoms with E-state index in [0.29, 0.717) is 0 Å². The van der Waals surface area contributed by atoms with Crippen molar-refractivity contribution in [1.29, 1.82) is 0 Å². The lowest BCUT2D eigenvalue weighted by Crippen LogP contribution is -2.31. The average molecular weight is 358 g/mol. The summed E-state index contributed by atoms with van der Waals surface area (Å²) in [5.41, 5.74) is 5.15. The Labute approximate surface area is 154 Å². The van der Waals surface area contributed by atoms with Crippen molar-refractivity contribution in [2.75, 3.05) is 18.1 Å². The van der Waals surface area contributed by atoms with Gasteiger partial charge in [0.05, 0.1) is 18.2 Å². The van der Waals surface area contributed by atoms with Gasteiger partial charge in [0.15, 0.2) is 0 Å². The zero-order chi connectivity index (χ0) is 16.7. The molecular weight excluding hydrogens is 334 g/mol. The molecule has 0 bridgehead atoms. The van der Waals surface area contributed by atoms with Crippen LogP contribution in [0.5, 0.6) is 0 Å². The van der Waals surface area contributed by atoms with Crippen LogP contribution in [0.1, 0.15) is 29.8 Å². The highest BCUT2D eigenvalue weighted by atomic mass is 35.5. The lowest BCUT2D eigenvalue weighted by Gasteiger charge is -2.30. The van der Waals surface area contributed by atoms with Crippen LogP contribution in [0.25, 0.3) is 10.9 Å². The molecule has 0 saturated heterocycles. The lowest BCUT2D eigenvalue weighted by molar-refractivity contribution is 0.240. The number of nitrogens with zero attached hydrogens (tertiary/aromatic N) is 3. The Morgan fingerprint density at radius 3 is 2.72 bits per heavy atom. The molecule has 132 valence electrons. The fraction of sp³-hybridized carbons (Fsp3) is 0.350. The molecule has 1 aromatic carbocycles. The molecular formula is C20H24ClN3O. The second-order valence-corrected chi connectivity index (χ2v) is 6.69. The van der Waals surface area contributed by atoms with Crippen molar-refractivity contribution in [3.63, 3.8) is 0 Å². The van der Waals surface area contributed by atoms with E-state index in [9.17, 15) is 5.11 Å². The second kappa shape index (κ2) is 7.06. The summed E-state index contributed by atoms with van der Waals surface area (Å²) in [6.45, 7) is 6.18. The molecule has 3 aromatic rings. The number of aliphatic hydroxyl groups is 1. The summed E-state index contributed by atoms with van der Waals surface area (Å²) in [4.78, 5) is 7.07. The van der Waals surface area contributed by atoms with Gasteiger partial charge in [-0.2, -0.15) is 0 Å². The van der Waals surface area contributed by atoms with Gasteiger partial charge in [-0.1, -0.05) is 24.3 Å². The molecule has 0 saturated carbocycles. The first-order valence-corrected chi connectivity index (χ1v) is 8.58. The van der Waals surface area contributed by atoms with Crippen LogP contribution in [0, 0.1) is 6.92 Å². The molecule has 1 aliphatic heterocycles. The number of aromatic nitrogens is 2. The van der Waals surface area contributed by atoms with Gasteiger partial charge in [0, 0.05) is 30.4 Å². The molecule has 4 nitrogen and oxygen atoms in total. The number of hydrogen-bond acceptors (Lipinski definition) is 3. The van der Waals surface area contributed by atoms with Crippen molar-refractivity contribution >= 4 is 29.1 Å². The number of anilines is 1. The standard InChI is InChI=1S/C20H23N3O.ClH/c1-14-11-18-19(23(14)15(2)13-24)7-9-21-20(18)22-10-8-16-5-3-4-6-17(16)12-22;/h3-7,9,11,15,24H,8,10,12-13H2,1-2H3;1H. The summed E-state index contributed by atoms with van der Waals surface area (Å²) in [5.74, 6) is 1.05. The molecule has 2 aromatic heterocycles. The van der Waals surface area contributed by atoms with Crippen LogP contribution in [0.4, 0.5) is 5.82 Å². The van der Waals surface area contributed by atoms with E-state index in [1.807, 2.05) is 13.1 Å². The highest BCUT2D eigenvalue weighted by Crippen LogP contribution is 2.32. The van der Waals surface area contributed by atoms with Gasteiger partial charge in [-0.25, -0.2) is 4.98 Å². The maximum Gasteiger partial charge on any atom is 0.138 e. The van der Waals surface area contributed by atoms with Crippen molar-refractivity contribution < 1.29 is 5.11 Å². The van der Waals surface area contributed by atoms with Crippen LogP contribution in [0.3, 0.4) is 0 Å². The predicted molar refractivity (Wildman–Crippen MR) is 105 cm³/mol. The van der Waals surface area contributed by atoms with E-state index in [1.165, 1.54) is 22.2 Å². The van der Waals surface area contributed by atoms with Crippen LogP contribution in [0.2, 0.25) is 0 Å². The Kier molecular flexibility index (Phi) is 5.02. The highest BCUT2D eigenvalue weighted by molar-refractivity contribution is 5.91. The van der Waals surface area contributed by atoms with E-state index >= 15 is 0 Å². The van der Waals surface area contributed by atoms with Gasteiger partial charge in [0.25, 0.3) is 0 Å². The molecule has 0 radical (unpaired) electrons. The van der Waals surface area contributed by atoms with Gasteiger partial charge in [0.2, 0.25) is 0 Å². The minimum atomic E-state index is 0. The molecule has 1 atom stereocenters. The third-order valence-corrected chi connectivity index (χ3v) is 5.07. The van der Waals surface area contributed by atoms with Crippen molar-refractivity contribution in [2.24, 2.45) is 0 Å². The van der Waals surface area contributed by atoms with Gasteiger partial charge in [-0.3, -0.25) is 0 Å². The molecule has 25 heavy (non-hydrogen) atoms. The molecule has 1 aliphatic rings. The largest absolute Gasteiger partial charge is 0.394 e. The fourth-order valence-corrected chi connectivity index (χ4v) is 3.86. The topological polar surface area (TPSA) is 41.3 Å². The Morgan fingerprint density at radius 2 is 1.96 bits per heavy atom. The molecule has 0 spiro atoms. The van der Waals surface area contributed by atoms with Crippen LogP contribution in [-0.2, 0) is 13.0 Å². The maximum atomic E-state index is 9.57. The minimum absolute atomic E-state index is 0. The van der Waals surface area contributed by atoms with Gasteiger partial charge < -0.3 is 14.6 Å². The lowest BCUT2D eigenvalue weighted by atomic mass is 10.00. The van der Waals surface area contributed by atoms with Crippen LogP contribution in [0.15, 0.2) is 42.6 Å². The number of halogens is 1. The first kappa shape index (κ1) is 17.8. The maximum absolute atomic E-state index is 9.57. The third-order valence-electron chi connectivity index (χ3n) is 5.07. The molecule has 5 heteroatoms. The summed E-state index contributed by atoms with van der Waals surface area (Å²) in [5, 5.41) is 10.7. The normalized spacial score (nSPS) is 14.9. The van der Waals surface area contributed by atoms with Gasteiger partial charge in [0.1, 0.15) is 5.82 Å². The van der Waals surface area contributed by atoms with Crippen LogP contribution >= 0.6 is 12.4 Å². The van der Waals surface area contributed by atoms with Crippen LogP contribution in [-0.4, -0.2) is 27.8 Å². The Bertz CT molecular complexity index is 890. The van der Waals surface area contributed by atoms with Gasteiger partial charge in [-0.15, -0.1) is 12.4 Å². The number of fused-ring (bicyclic) bond motifs is 2. The molecule has 1 unspecified atom stereocenters. The third kappa shape index (κ3) is 3.00. The highest BCUT2D eigenvalue weighted by Gasteiger charge is 2.21. The summed E-state index contributed by atoms with van der Waals surface area (Å²) in [6, 6.07) is 13.0. The fourth-order valence-electron chi connectivity index (χ4n) is 3.86. The molecule has 0 aliphatic carbocycles. The SMILES string of the molecule is Cc1cc2c(N3CCc4ccccc4C3)nccc2n1C(C)CO.Cl. The zero-order valence-corrected chi connectivity index (χ0v) is 15.5. The summed E-state index contributed by atoms with van der Waals surface area (Å²) in [6.07, 6.45) is 2.94. The van der Waals surface area contributed by atoms with Crippen molar-refractivity contribution in [3.8, 4) is 0 Å². The van der Waals surface area contributed by atoms with Gasteiger partial charge in [-0.05, 0) is 43.5 Å². The summed E-state index contributed by atoms with van der Waals surface area (Å²) < 4.78 is 2.21. The quantitative estimate of drug-likeness (QED) is 0.773.